The molecule has 2 rings (SSSR count). The molecule has 0 saturated heterocycles. The summed E-state index contributed by atoms with van der Waals surface area (Å²) >= 11 is 12.1. The van der Waals surface area contributed by atoms with Crippen LogP contribution >= 0.6 is 23.2 Å². The average molecular weight is 298 g/mol. The van der Waals surface area contributed by atoms with E-state index in [1.165, 1.54) is 6.07 Å². The summed E-state index contributed by atoms with van der Waals surface area (Å²) in [7, 11) is 0. The summed E-state index contributed by atoms with van der Waals surface area (Å²) in [6.45, 7) is 3.78. The second kappa shape index (κ2) is 5.81. The number of nitrogens with one attached hydrogen (secondary N) is 1. The molecule has 0 aliphatic carbocycles. The van der Waals surface area contributed by atoms with Crippen molar-refractivity contribution in [3.05, 3.63) is 63.4 Å². The van der Waals surface area contributed by atoms with Crippen LogP contribution in [0.15, 0.2) is 36.4 Å². The summed E-state index contributed by atoms with van der Waals surface area (Å²) in [5, 5.41) is 4.36. The van der Waals surface area contributed by atoms with Crippen LogP contribution in [0.4, 0.5) is 10.1 Å². The number of halogens is 3. The number of hydrogen-bond acceptors (Lipinski definition) is 1. The van der Waals surface area contributed by atoms with Crippen molar-refractivity contribution >= 4 is 28.9 Å². The molecule has 1 unspecified atom stereocenters. The van der Waals surface area contributed by atoms with E-state index in [9.17, 15) is 4.39 Å². The molecule has 0 fully saturated rings. The third kappa shape index (κ3) is 3.20. The summed E-state index contributed by atoms with van der Waals surface area (Å²) < 4.78 is 13.8. The van der Waals surface area contributed by atoms with Gasteiger partial charge in [-0.1, -0.05) is 35.3 Å². The third-order valence-electron chi connectivity index (χ3n) is 3.01. The molecule has 2 aromatic rings. The van der Waals surface area contributed by atoms with E-state index in [1.807, 2.05) is 19.9 Å². The molecule has 0 radical (unpaired) electrons. The second-order valence-corrected chi connectivity index (χ2v) is 5.31. The van der Waals surface area contributed by atoms with Gasteiger partial charge in [0.2, 0.25) is 0 Å². The topological polar surface area (TPSA) is 12.0 Å². The highest BCUT2D eigenvalue weighted by molar-refractivity contribution is 6.33. The summed E-state index contributed by atoms with van der Waals surface area (Å²) in [5.41, 5.74) is 2.19. The summed E-state index contributed by atoms with van der Waals surface area (Å²) in [5.74, 6) is -0.273. The van der Waals surface area contributed by atoms with E-state index < -0.39 is 0 Å². The SMILES string of the molecule is Cc1cccc(F)c1NC(C)c1cc(Cl)ccc1Cl. The van der Waals surface area contributed by atoms with Crippen molar-refractivity contribution in [3.63, 3.8) is 0 Å². The zero-order chi connectivity index (χ0) is 14.0. The van der Waals surface area contributed by atoms with Crippen LogP contribution in [0, 0.1) is 12.7 Å². The quantitative estimate of drug-likeness (QED) is 0.776. The third-order valence-corrected chi connectivity index (χ3v) is 3.59. The Labute approximate surface area is 122 Å². The number of rotatable bonds is 3. The van der Waals surface area contributed by atoms with Gasteiger partial charge in [0.15, 0.2) is 0 Å². The molecule has 2 aromatic carbocycles. The van der Waals surface area contributed by atoms with E-state index in [4.69, 9.17) is 23.2 Å². The van der Waals surface area contributed by atoms with Crippen molar-refractivity contribution in [2.45, 2.75) is 19.9 Å². The van der Waals surface area contributed by atoms with Gasteiger partial charge in [-0.25, -0.2) is 4.39 Å². The van der Waals surface area contributed by atoms with Crippen LogP contribution < -0.4 is 5.32 Å². The minimum atomic E-state index is -0.273. The van der Waals surface area contributed by atoms with Crippen LogP contribution in [0.1, 0.15) is 24.1 Å². The maximum atomic E-state index is 13.8. The molecule has 0 bridgehead atoms. The number of aryl methyl sites for hydroxylation is 1. The molecule has 0 aromatic heterocycles. The molecule has 1 N–H and O–H groups in total. The molecule has 0 saturated carbocycles. The fraction of sp³-hybridized carbons (Fsp3) is 0.200. The summed E-state index contributed by atoms with van der Waals surface area (Å²) in [6.07, 6.45) is 0. The summed E-state index contributed by atoms with van der Waals surface area (Å²) in [4.78, 5) is 0. The fourth-order valence-corrected chi connectivity index (χ4v) is 2.42. The minimum Gasteiger partial charge on any atom is -0.376 e. The number of hydrogen-bond donors (Lipinski definition) is 1. The lowest BCUT2D eigenvalue weighted by Crippen LogP contribution is -2.09. The number of para-hydroxylation sites is 1. The Hall–Kier alpha value is -1.25. The number of benzene rings is 2. The monoisotopic (exact) mass is 297 g/mol. The molecule has 0 heterocycles. The highest BCUT2D eigenvalue weighted by Crippen LogP contribution is 2.30. The van der Waals surface area contributed by atoms with Gasteiger partial charge in [0.05, 0.1) is 11.7 Å². The standard InChI is InChI=1S/C15H14Cl2FN/c1-9-4-3-5-14(18)15(9)19-10(2)12-8-11(16)6-7-13(12)17/h3-8,10,19H,1-2H3. The highest BCUT2D eigenvalue weighted by Gasteiger charge is 2.13. The predicted octanol–water partition coefficient (Wildman–Crippen LogP) is 5.61. The molecule has 19 heavy (non-hydrogen) atoms. The molecule has 0 aliphatic heterocycles. The smallest absolute Gasteiger partial charge is 0.146 e. The average Bonchev–Trinajstić information content (AvgIpc) is 2.37. The molecule has 0 aliphatic rings. The van der Waals surface area contributed by atoms with Gasteiger partial charge >= 0.3 is 0 Å². The maximum absolute atomic E-state index is 13.8. The zero-order valence-electron chi connectivity index (χ0n) is 10.7. The van der Waals surface area contributed by atoms with E-state index in [0.717, 1.165) is 11.1 Å². The Kier molecular flexibility index (Phi) is 4.33. The van der Waals surface area contributed by atoms with Crippen molar-refractivity contribution in [3.8, 4) is 0 Å². The van der Waals surface area contributed by atoms with Crippen molar-refractivity contribution in [1.82, 2.24) is 0 Å². The van der Waals surface area contributed by atoms with Gasteiger partial charge in [0.25, 0.3) is 0 Å². The first-order valence-corrected chi connectivity index (χ1v) is 6.71. The molecule has 4 heteroatoms. The Morgan fingerprint density at radius 2 is 1.89 bits per heavy atom. The maximum Gasteiger partial charge on any atom is 0.146 e. The van der Waals surface area contributed by atoms with Crippen LogP contribution in [-0.4, -0.2) is 0 Å². The predicted molar refractivity (Wildman–Crippen MR) is 79.6 cm³/mol. The largest absolute Gasteiger partial charge is 0.376 e. The second-order valence-electron chi connectivity index (χ2n) is 4.46. The lowest BCUT2D eigenvalue weighted by molar-refractivity contribution is 0.626. The van der Waals surface area contributed by atoms with E-state index in [0.29, 0.717) is 15.7 Å². The van der Waals surface area contributed by atoms with Gasteiger partial charge < -0.3 is 5.32 Å². The van der Waals surface area contributed by atoms with Crippen molar-refractivity contribution in [2.24, 2.45) is 0 Å². The molecule has 0 amide bonds. The van der Waals surface area contributed by atoms with Crippen molar-refractivity contribution in [1.29, 1.82) is 0 Å². The van der Waals surface area contributed by atoms with Gasteiger partial charge in [0, 0.05) is 10.0 Å². The molecular formula is C15H14Cl2FN. The van der Waals surface area contributed by atoms with Crippen LogP contribution in [0.25, 0.3) is 0 Å². The van der Waals surface area contributed by atoms with Crippen LogP contribution in [0.2, 0.25) is 10.0 Å². The molecule has 0 spiro atoms. The summed E-state index contributed by atoms with van der Waals surface area (Å²) in [6, 6.07) is 10.1. The molecule has 100 valence electrons. The highest BCUT2D eigenvalue weighted by atomic mass is 35.5. The van der Waals surface area contributed by atoms with E-state index in [2.05, 4.69) is 5.32 Å². The fourth-order valence-electron chi connectivity index (χ4n) is 1.96. The van der Waals surface area contributed by atoms with Gasteiger partial charge in [-0.15, -0.1) is 0 Å². The first-order valence-electron chi connectivity index (χ1n) is 5.95. The Morgan fingerprint density at radius 1 is 1.16 bits per heavy atom. The van der Waals surface area contributed by atoms with E-state index in [-0.39, 0.29) is 11.9 Å². The lowest BCUT2D eigenvalue weighted by Gasteiger charge is -2.19. The molecule has 1 atom stereocenters. The van der Waals surface area contributed by atoms with Crippen molar-refractivity contribution in [2.75, 3.05) is 5.32 Å². The molecule has 1 nitrogen and oxygen atoms in total. The van der Waals surface area contributed by atoms with Gasteiger partial charge in [-0.05, 0) is 49.2 Å². The number of anilines is 1. The minimum absolute atomic E-state index is 0.137. The van der Waals surface area contributed by atoms with Gasteiger partial charge in [-0.3, -0.25) is 0 Å². The van der Waals surface area contributed by atoms with Gasteiger partial charge in [0.1, 0.15) is 5.82 Å². The normalized spacial score (nSPS) is 12.3. The van der Waals surface area contributed by atoms with Crippen molar-refractivity contribution < 1.29 is 4.39 Å². The molecular weight excluding hydrogens is 284 g/mol. The lowest BCUT2D eigenvalue weighted by atomic mass is 10.1. The zero-order valence-corrected chi connectivity index (χ0v) is 12.2. The van der Waals surface area contributed by atoms with Crippen LogP contribution in [0.5, 0.6) is 0 Å². The first kappa shape index (κ1) is 14.2. The Bertz CT molecular complexity index is 578. The van der Waals surface area contributed by atoms with E-state index >= 15 is 0 Å². The Morgan fingerprint density at radius 3 is 2.58 bits per heavy atom. The first-order chi connectivity index (χ1) is 8.99. The Balaban J connectivity index is 2.31. The van der Waals surface area contributed by atoms with Crippen LogP contribution in [-0.2, 0) is 0 Å². The van der Waals surface area contributed by atoms with Gasteiger partial charge in [-0.2, -0.15) is 0 Å². The van der Waals surface area contributed by atoms with Crippen LogP contribution in [0.3, 0.4) is 0 Å². The van der Waals surface area contributed by atoms with E-state index in [1.54, 1.807) is 24.3 Å².